The van der Waals surface area contributed by atoms with Gasteiger partial charge in [-0.1, -0.05) is 6.07 Å². The van der Waals surface area contributed by atoms with Crippen molar-refractivity contribution in [3.8, 4) is 0 Å². The van der Waals surface area contributed by atoms with Crippen LogP contribution < -0.4 is 0 Å². The van der Waals surface area contributed by atoms with Gasteiger partial charge in [-0.25, -0.2) is 0 Å². The summed E-state index contributed by atoms with van der Waals surface area (Å²) in [7, 11) is -3.52. The summed E-state index contributed by atoms with van der Waals surface area (Å²) >= 11 is 0. The Morgan fingerprint density at radius 2 is 2.20 bits per heavy atom. The van der Waals surface area contributed by atoms with Crippen molar-refractivity contribution in [2.75, 3.05) is 12.9 Å². The highest BCUT2D eigenvalue weighted by Crippen LogP contribution is 2.12. The molecule has 0 saturated heterocycles. The Morgan fingerprint density at radius 3 is 2.67 bits per heavy atom. The van der Waals surface area contributed by atoms with E-state index in [1.165, 1.54) is 6.20 Å². The molecule has 0 amide bonds. The Bertz CT molecular complexity index is 412. The van der Waals surface area contributed by atoms with Gasteiger partial charge in [0.15, 0.2) is 0 Å². The maximum absolute atomic E-state index is 10.7. The molecular formula is C9H13NO4S. The van der Waals surface area contributed by atoms with Gasteiger partial charge in [0, 0.05) is 17.5 Å². The summed E-state index contributed by atoms with van der Waals surface area (Å²) in [5.41, 5.74) is 1.36. The molecule has 0 aromatic carbocycles. The standard InChI is InChI=1S/C9H13NO4S/c1-7-3-4-8(5-10-7)9(11)6-14-15(2,12)13/h3-5,9,11H,6H2,1-2H3/t9-/m1/s1. The van der Waals surface area contributed by atoms with E-state index < -0.39 is 16.2 Å². The molecule has 1 aromatic heterocycles. The van der Waals surface area contributed by atoms with Gasteiger partial charge in [0.05, 0.1) is 12.9 Å². The average molecular weight is 231 g/mol. The first-order valence-corrected chi connectivity index (χ1v) is 6.15. The number of aryl methyl sites for hydroxylation is 1. The maximum atomic E-state index is 10.7. The van der Waals surface area contributed by atoms with Crippen LogP contribution in [0.1, 0.15) is 17.4 Å². The fourth-order valence-electron chi connectivity index (χ4n) is 0.961. The van der Waals surface area contributed by atoms with Crippen LogP contribution in [0.5, 0.6) is 0 Å². The van der Waals surface area contributed by atoms with Crippen molar-refractivity contribution in [2.24, 2.45) is 0 Å². The topological polar surface area (TPSA) is 76.5 Å². The normalized spacial score (nSPS) is 13.8. The molecule has 1 N–H and O–H groups in total. The first kappa shape index (κ1) is 12.1. The van der Waals surface area contributed by atoms with E-state index in [1.54, 1.807) is 12.1 Å². The second kappa shape index (κ2) is 4.69. The molecule has 0 bridgehead atoms. The third kappa shape index (κ3) is 4.37. The lowest BCUT2D eigenvalue weighted by Crippen LogP contribution is -2.12. The minimum Gasteiger partial charge on any atom is -0.386 e. The lowest BCUT2D eigenvalue weighted by atomic mass is 10.2. The van der Waals surface area contributed by atoms with Crippen molar-refractivity contribution in [3.05, 3.63) is 29.6 Å². The van der Waals surface area contributed by atoms with Crippen LogP contribution in [-0.4, -0.2) is 31.4 Å². The number of aromatic nitrogens is 1. The van der Waals surface area contributed by atoms with Crippen LogP contribution in [0, 0.1) is 6.92 Å². The van der Waals surface area contributed by atoms with Gasteiger partial charge in [-0.15, -0.1) is 0 Å². The van der Waals surface area contributed by atoms with Crippen LogP contribution in [-0.2, 0) is 14.3 Å². The highest BCUT2D eigenvalue weighted by Gasteiger charge is 2.11. The second-order valence-electron chi connectivity index (χ2n) is 3.24. The monoisotopic (exact) mass is 231 g/mol. The van der Waals surface area contributed by atoms with Gasteiger partial charge in [0.1, 0.15) is 6.10 Å². The highest BCUT2D eigenvalue weighted by molar-refractivity contribution is 7.85. The van der Waals surface area contributed by atoms with Gasteiger partial charge >= 0.3 is 0 Å². The quantitative estimate of drug-likeness (QED) is 0.759. The van der Waals surface area contributed by atoms with Gasteiger partial charge in [-0.3, -0.25) is 9.17 Å². The predicted molar refractivity (Wildman–Crippen MR) is 54.7 cm³/mol. The zero-order valence-electron chi connectivity index (χ0n) is 8.54. The minimum atomic E-state index is -3.52. The molecule has 1 aromatic rings. The Kier molecular flexibility index (Phi) is 3.78. The van der Waals surface area contributed by atoms with E-state index >= 15 is 0 Å². The molecule has 0 saturated carbocycles. The molecule has 1 rings (SSSR count). The predicted octanol–water partition coefficient (Wildman–Crippen LogP) is 0.400. The van der Waals surface area contributed by atoms with Crippen molar-refractivity contribution in [2.45, 2.75) is 13.0 Å². The summed E-state index contributed by atoms with van der Waals surface area (Å²) in [5, 5.41) is 9.55. The maximum Gasteiger partial charge on any atom is 0.264 e. The third-order valence-electron chi connectivity index (χ3n) is 1.76. The molecule has 5 nitrogen and oxygen atoms in total. The average Bonchev–Trinajstić information content (AvgIpc) is 2.14. The number of pyridine rings is 1. The van der Waals surface area contributed by atoms with Gasteiger partial charge in [-0.2, -0.15) is 8.42 Å². The summed E-state index contributed by atoms with van der Waals surface area (Å²) in [5.74, 6) is 0. The number of aliphatic hydroxyl groups excluding tert-OH is 1. The Morgan fingerprint density at radius 1 is 1.53 bits per heavy atom. The van der Waals surface area contributed by atoms with Crippen LogP contribution in [0.2, 0.25) is 0 Å². The van der Waals surface area contributed by atoms with Gasteiger partial charge < -0.3 is 5.11 Å². The lowest BCUT2D eigenvalue weighted by Gasteiger charge is -2.09. The largest absolute Gasteiger partial charge is 0.386 e. The van der Waals surface area contributed by atoms with Crippen molar-refractivity contribution in [1.82, 2.24) is 4.98 Å². The van der Waals surface area contributed by atoms with E-state index in [9.17, 15) is 13.5 Å². The molecule has 15 heavy (non-hydrogen) atoms. The molecule has 0 spiro atoms. The molecule has 0 fully saturated rings. The van der Waals surface area contributed by atoms with Crippen molar-refractivity contribution >= 4 is 10.1 Å². The molecule has 84 valence electrons. The smallest absolute Gasteiger partial charge is 0.264 e. The second-order valence-corrected chi connectivity index (χ2v) is 4.88. The summed E-state index contributed by atoms with van der Waals surface area (Å²) in [4.78, 5) is 3.98. The Hall–Kier alpha value is -0.980. The van der Waals surface area contributed by atoms with E-state index in [2.05, 4.69) is 9.17 Å². The van der Waals surface area contributed by atoms with E-state index in [4.69, 9.17) is 0 Å². The molecule has 0 radical (unpaired) electrons. The Balaban J connectivity index is 2.61. The van der Waals surface area contributed by atoms with E-state index in [-0.39, 0.29) is 6.61 Å². The summed E-state index contributed by atoms with van der Waals surface area (Å²) in [6, 6.07) is 3.41. The van der Waals surface area contributed by atoms with Crippen LogP contribution in [0.25, 0.3) is 0 Å². The number of hydrogen-bond donors (Lipinski definition) is 1. The molecule has 1 atom stereocenters. The van der Waals surface area contributed by atoms with Crippen LogP contribution in [0.4, 0.5) is 0 Å². The molecule has 0 unspecified atom stereocenters. The van der Waals surface area contributed by atoms with Crippen LogP contribution in [0.3, 0.4) is 0 Å². The minimum absolute atomic E-state index is 0.288. The molecule has 0 aliphatic carbocycles. The summed E-state index contributed by atoms with van der Waals surface area (Å²) in [6.07, 6.45) is 1.45. The first-order chi connectivity index (χ1) is 6.88. The van der Waals surface area contributed by atoms with Gasteiger partial charge in [-0.05, 0) is 13.0 Å². The van der Waals surface area contributed by atoms with Crippen molar-refractivity contribution in [1.29, 1.82) is 0 Å². The molecule has 0 aliphatic rings. The van der Waals surface area contributed by atoms with Crippen LogP contribution in [0.15, 0.2) is 18.3 Å². The third-order valence-corrected chi connectivity index (χ3v) is 2.32. The highest BCUT2D eigenvalue weighted by atomic mass is 32.2. The van der Waals surface area contributed by atoms with E-state index in [0.717, 1.165) is 11.9 Å². The summed E-state index contributed by atoms with van der Waals surface area (Å²) < 4.78 is 25.8. The SMILES string of the molecule is Cc1ccc([C@H](O)COS(C)(=O)=O)cn1. The zero-order valence-corrected chi connectivity index (χ0v) is 9.36. The molecular weight excluding hydrogens is 218 g/mol. The molecule has 1 heterocycles. The lowest BCUT2D eigenvalue weighted by molar-refractivity contribution is 0.111. The Labute approximate surface area is 88.9 Å². The van der Waals surface area contributed by atoms with E-state index in [0.29, 0.717) is 5.56 Å². The van der Waals surface area contributed by atoms with Gasteiger partial charge in [0.2, 0.25) is 0 Å². The number of nitrogens with zero attached hydrogens (tertiary/aromatic N) is 1. The first-order valence-electron chi connectivity index (χ1n) is 4.33. The summed E-state index contributed by atoms with van der Waals surface area (Å²) in [6.45, 7) is 1.53. The van der Waals surface area contributed by atoms with E-state index in [1.807, 2.05) is 6.92 Å². The number of rotatable bonds is 4. The fraction of sp³-hybridized carbons (Fsp3) is 0.444. The number of hydrogen-bond acceptors (Lipinski definition) is 5. The molecule has 6 heteroatoms. The number of aliphatic hydroxyl groups is 1. The van der Waals surface area contributed by atoms with Crippen molar-refractivity contribution < 1.29 is 17.7 Å². The fourth-order valence-corrected chi connectivity index (χ4v) is 1.34. The van der Waals surface area contributed by atoms with Gasteiger partial charge in [0.25, 0.3) is 10.1 Å². The van der Waals surface area contributed by atoms with Crippen molar-refractivity contribution in [3.63, 3.8) is 0 Å². The van der Waals surface area contributed by atoms with Crippen LogP contribution >= 0.6 is 0 Å². The molecule has 0 aliphatic heterocycles. The zero-order chi connectivity index (χ0) is 11.5.